The van der Waals surface area contributed by atoms with Crippen molar-refractivity contribution in [3.05, 3.63) is 11.9 Å². The maximum atomic E-state index is 11.7. The number of anilines is 1. The minimum absolute atomic E-state index is 0.523. The van der Waals surface area contributed by atoms with E-state index in [0.717, 1.165) is 12.0 Å². The predicted molar refractivity (Wildman–Crippen MR) is 75.2 cm³/mol. The molecule has 6 nitrogen and oxygen atoms in total. The SMILES string of the molecule is CCOc1ncnc(N2CCCC2(CC)C(=O)O)c1C. The molecule has 1 saturated heterocycles. The first-order valence-electron chi connectivity index (χ1n) is 7.02. The highest BCUT2D eigenvalue weighted by molar-refractivity contribution is 5.84. The fourth-order valence-electron chi connectivity index (χ4n) is 2.91. The summed E-state index contributed by atoms with van der Waals surface area (Å²) in [6, 6.07) is 0. The summed E-state index contributed by atoms with van der Waals surface area (Å²) >= 11 is 0. The Labute approximate surface area is 118 Å². The van der Waals surface area contributed by atoms with E-state index in [-0.39, 0.29) is 0 Å². The molecule has 0 aromatic carbocycles. The van der Waals surface area contributed by atoms with Gasteiger partial charge in [0.1, 0.15) is 17.7 Å². The summed E-state index contributed by atoms with van der Waals surface area (Å²) < 4.78 is 5.47. The number of aromatic nitrogens is 2. The van der Waals surface area contributed by atoms with Gasteiger partial charge < -0.3 is 14.7 Å². The third-order valence-electron chi connectivity index (χ3n) is 4.02. The van der Waals surface area contributed by atoms with Gasteiger partial charge in [-0.3, -0.25) is 0 Å². The van der Waals surface area contributed by atoms with E-state index in [1.165, 1.54) is 6.33 Å². The number of hydrogen-bond donors (Lipinski definition) is 1. The molecule has 1 N–H and O–H groups in total. The number of ether oxygens (including phenoxy) is 1. The fraction of sp³-hybridized carbons (Fsp3) is 0.643. The van der Waals surface area contributed by atoms with Crippen LogP contribution in [0.3, 0.4) is 0 Å². The number of nitrogens with zero attached hydrogens (tertiary/aromatic N) is 3. The van der Waals surface area contributed by atoms with Gasteiger partial charge in [-0.1, -0.05) is 6.92 Å². The molecule has 1 aliphatic rings. The lowest BCUT2D eigenvalue weighted by atomic mass is 9.93. The molecule has 1 unspecified atom stereocenters. The number of hydrogen-bond acceptors (Lipinski definition) is 5. The largest absolute Gasteiger partial charge is 0.479 e. The van der Waals surface area contributed by atoms with Gasteiger partial charge in [0.15, 0.2) is 0 Å². The van der Waals surface area contributed by atoms with Crippen molar-refractivity contribution < 1.29 is 14.6 Å². The van der Waals surface area contributed by atoms with E-state index in [0.29, 0.717) is 37.7 Å². The highest BCUT2D eigenvalue weighted by Gasteiger charge is 2.47. The van der Waals surface area contributed by atoms with Crippen molar-refractivity contribution in [2.75, 3.05) is 18.1 Å². The van der Waals surface area contributed by atoms with Crippen molar-refractivity contribution >= 4 is 11.8 Å². The summed E-state index contributed by atoms with van der Waals surface area (Å²) in [4.78, 5) is 22.1. The summed E-state index contributed by atoms with van der Waals surface area (Å²) in [6.45, 7) is 6.90. The monoisotopic (exact) mass is 279 g/mol. The second kappa shape index (κ2) is 5.64. The topological polar surface area (TPSA) is 75.6 Å². The zero-order valence-electron chi connectivity index (χ0n) is 12.2. The Bertz CT molecular complexity index is 506. The van der Waals surface area contributed by atoms with Crippen LogP contribution in [0.4, 0.5) is 5.82 Å². The van der Waals surface area contributed by atoms with Crippen molar-refractivity contribution in [3.8, 4) is 5.88 Å². The molecule has 6 heteroatoms. The van der Waals surface area contributed by atoms with E-state index < -0.39 is 11.5 Å². The predicted octanol–water partition coefficient (Wildman–Crippen LogP) is 2.02. The van der Waals surface area contributed by atoms with Gasteiger partial charge in [-0.05, 0) is 33.1 Å². The number of carbonyl (C=O) groups is 1. The smallest absolute Gasteiger partial charge is 0.329 e. The second-order valence-electron chi connectivity index (χ2n) is 5.01. The van der Waals surface area contributed by atoms with E-state index >= 15 is 0 Å². The third-order valence-corrected chi connectivity index (χ3v) is 4.02. The van der Waals surface area contributed by atoms with Crippen LogP contribution in [-0.4, -0.2) is 39.7 Å². The molecule has 0 bridgehead atoms. The Morgan fingerprint density at radius 3 is 2.85 bits per heavy atom. The van der Waals surface area contributed by atoms with Gasteiger partial charge in [-0.25, -0.2) is 14.8 Å². The van der Waals surface area contributed by atoms with Crippen LogP contribution >= 0.6 is 0 Å². The Kier molecular flexibility index (Phi) is 4.11. The van der Waals surface area contributed by atoms with Crippen LogP contribution in [0.2, 0.25) is 0 Å². The lowest BCUT2D eigenvalue weighted by molar-refractivity contribution is -0.143. The molecule has 20 heavy (non-hydrogen) atoms. The third kappa shape index (κ3) is 2.19. The van der Waals surface area contributed by atoms with Crippen molar-refractivity contribution in [2.45, 2.75) is 45.6 Å². The van der Waals surface area contributed by atoms with Gasteiger partial charge in [-0.2, -0.15) is 0 Å². The zero-order valence-corrected chi connectivity index (χ0v) is 12.2. The van der Waals surface area contributed by atoms with E-state index in [1.54, 1.807) is 0 Å². The fourth-order valence-corrected chi connectivity index (χ4v) is 2.91. The molecule has 1 aromatic rings. The van der Waals surface area contributed by atoms with E-state index in [4.69, 9.17) is 4.74 Å². The summed E-state index contributed by atoms with van der Waals surface area (Å²) in [5, 5.41) is 9.64. The summed E-state index contributed by atoms with van der Waals surface area (Å²) in [7, 11) is 0. The average molecular weight is 279 g/mol. The highest BCUT2D eigenvalue weighted by Crippen LogP contribution is 2.38. The Morgan fingerprint density at radius 2 is 2.25 bits per heavy atom. The van der Waals surface area contributed by atoms with Crippen molar-refractivity contribution in [3.63, 3.8) is 0 Å². The molecule has 1 aromatic heterocycles. The first-order chi connectivity index (χ1) is 9.56. The normalized spacial score (nSPS) is 22.1. The quantitative estimate of drug-likeness (QED) is 0.888. The number of rotatable bonds is 5. The zero-order chi connectivity index (χ0) is 14.8. The molecule has 0 saturated carbocycles. The van der Waals surface area contributed by atoms with Crippen LogP contribution in [0.1, 0.15) is 38.7 Å². The second-order valence-corrected chi connectivity index (χ2v) is 5.01. The first-order valence-corrected chi connectivity index (χ1v) is 7.02. The van der Waals surface area contributed by atoms with E-state index in [1.807, 2.05) is 25.7 Å². The number of carboxylic acid groups (broad SMARTS) is 1. The van der Waals surface area contributed by atoms with Gasteiger partial charge in [0.25, 0.3) is 0 Å². The minimum Gasteiger partial charge on any atom is -0.479 e. The van der Waals surface area contributed by atoms with E-state index in [2.05, 4.69) is 9.97 Å². The Balaban J connectivity index is 2.45. The van der Waals surface area contributed by atoms with Crippen LogP contribution in [0.25, 0.3) is 0 Å². The average Bonchev–Trinajstić information content (AvgIpc) is 2.86. The summed E-state index contributed by atoms with van der Waals surface area (Å²) in [6.07, 6.45) is 3.49. The lowest BCUT2D eigenvalue weighted by Gasteiger charge is -2.35. The van der Waals surface area contributed by atoms with Gasteiger partial charge in [0, 0.05) is 6.54 Å². The van der Waals surface area contributed by atoms with Gasteiger partial charge in [-0.15, -0.1) is 0 Å². The van der Waals surface area contributed by atoms with Gasteiger partial charge in [0.05, 0.1) is 12.2 Å². The molecule has 1 aliphatic heterocycles. The summed E-state index contributed by atoms with van der Waals surface area (Å²) in [5.41, 5.74) is -0.0573. The van der Waals surface area contributed by atoms with Crippen LogP contribution in [0.5, 0.6) is 5.88 Å². The van der Waals surface area contributed by atoms with Gasteiger partial charge >= 0.3 is 5.97 Å². The molecule has 1 fully saturated rings. The molecule has 2 rings (SSSR count). The molecular formula is C14H21N3O3. The number of aliphatic carboxylic acids is 1. The van der Waals surface area contributed by atoms with Crippen LogP contribution in [0, 0.1) is 6.92 Å². The number of carboxylic acids is 1. The highest BCUT2D eigenvalue weighted by atomic mass is 16.5. The molecule has 0 radical (unpaired) electrons. The lowest BCUT2D eigenvalue weighted by Crippen LogP contribution is -2.51. The summed E-state index contributed by atoms with van der Waals surface area (Å²) in [5.74, 6) is 0.415. The molecule has 1 atom stereocenters. The van der Waals surface area contributed by atoms with Crippen molar-refractivity contribution in [2.24, 2.45) is 0 Å². The van der Waals surface area contributed by atoms with Crippen molar-refractivity contribution in [1.29, 1.82) is 0 Å². The van der Waals surface area contributed by atoms with E-state index in [9.17, 15) is 9.90 Å². The molecule has 2 heterocycles. The molecular weight excluding hydrogens is 258 g/mol. The van der Waals surface area contributed by atoms with Crippen LogP contribution < -0.4 is 9.64 Å². The first kappa shape index (κ1) is 14.6. The molecule has 0 amide bonds. The van der Waals surface area contributed by atoms with Crippen molar-refractivity contribution in [1.82, 2.24) is 9.97 Å². The van der Waals surface area contributed by atoms with Crippen LogP contribution in [0.15, 0.2) is 6.33 Å². The minimum atomic E-state index is -0.859. The molecule has 110 valence electrons. The maximum Gasteiger partial charge on any atom is 0.329 e. The molecule has 0 spiro atoms. The maximum absolute atomic E-state index is 11.7. The Morgan fingerprint density at radius 1 is 1.50 bits per heavy atom. The standard InChI is InChI=1S/C14H21N3O3/c1-4-14(13(18)19)7-6-8-17(14)11-10(3)12(20-5-2)16-9-15-11/h9H,4-8H2,1-3H3,(H,18,19). The Hall–Kier alpha value is -1.85. The molecule has 0 aliphatic carbocycles. The van der Waals surface area contributed by atoms with Gasteiger partial charge in [0.2, 0.25) is 5.88 Å². The van der Waals surface area contributed by atoms with Crippen LogP contribution in [-0.2, 0) is 4.79 Å².